The van der Waals surface area contributed by atoms with Crippen molar-refractivity contribution in [2.75, 3.05) is 0 Å². The van der Waals surface area contributed by atoms with E-state index < -0.39 is 24.2 Å². The number of nitrogens with zero attached hydrogens (tertiary/aromatic N) is 2. The largest absolute Gasteiger partial charge is 0.494 e. The molecule has 2 N–H and O–H groups in total. The maximum absolute atomic E-state index is 12.5. The van der Waals surface area contributed by atoms with E-state index in [1.807, 2.05) is 12.1 Å². The van der Waals surface area contributed by atoms with Crippen LogP contribution in [0, 0.1) is 11.6 Å². The second-order valence-electron chi connectivity index (χ2n) is 5.22. The Labute approximate surface area is 142 Å². The van der Waals surface area contributed by atoms with Crippen LogP contribution >= 0.6 is 0 Å². The number of hydrogen-bond acceptors (Lipinski definition) is 4. The topological polar surface area (TPSA) is 66.2 Å². The average molecular weight is 338 g/mol. The van der Waals surface area contributed by atoms with Gasteiger partial charge in [0.15, 0.2) is 0 Å². The summed E-state index contributed by atoms with van der Waals surface area (Å²) in [5, 5.41) is 19.2. The van der Waals surface area contributed by atoms with Crippen LogP contribution in [0.3, 0.4) is 0 Å². The molecular weight excluding hydrogens is 325 g/mol. The van der Waals surface area contributed by atoms with Gasteiger partial charge in [0.2, 0.25) is 0 Å². The van der Waals surface area contributed by atoms with Gasteiger partial charge in [-0.2, -0.15) is 0 Å². The summed E-state index contributed by atoms with van der Waals surface area (Å²) in [4.78, 5) is 8.69. The molecule has 0 aliphatic rings. The first kappa shape index (κ1) is 16.9. The molecule has 0 radical (unpaired) electrons. The van der Waals surface area contributed by atoms with Gasteiger partial charge in [-0.15, -0.1) is 0 Å². The lowest BCUT2D eigenvalue weighted by molar-refractivity contribution is 0.419. The molecule has 4 nitrogen and oxygen atoms in total. The van der Waals surface area contributed by atoms with Crippen molar-refractivity contribution in [1.82, 2.24) is 9.97 Å². The number of hydrogen-bond donors (Lipinski definition) is 2. The molecule has 0 bridgehead atoms. The highest BCUT2D eigenvalue weighted by Gasteiger charge is 2.20. The third kappa shape index (κ3) is 3.62. The van der Waals surface area contributed by atoms with E-state index >= 15 is 0 Å². The number of benzene rings is 2. The Morgan fingerprint density at radius 1 is 0.680 bits per heavy atom. The van der Waals surface area contributed by atoms with Crippen molar-refractivity contribution in [2.24, 2.45) is 0 Å². The molecule has 4 rings (SSSR count). The number of aromatic nitrogens is 2. The zero-order valence-corrected chi connectivity index (χ0v) is 13.0. The summed E-state index contributed by atoms with van der Waals surface area (Å²) < 4.78 is 25.1. The highest BCUT2D eigenvalue weighted by molar-refractivity contribution is 6.58. The Hall–Kier alpha value is -2.90. The summed E-state index contributed by atoms with van der Waals surface area (Å²) in [6.07, 6.45) is 3.60. The Kier molecular flexibility index (Phi) is 4.97. The predicted molar refractivity (Wildman–Crippen MR) is 93.2 cm³/mol. The van der Waals surface area contributed by atoms with E-state index in [9.17, 15) is 8.78 Å². The molecule has 2 aromatic heterocycles. The van der Waals surface area contributed by atoms with E-state index in [1.165, 1.54) is 0 Å². The summed E-state index contributed by atoms with van der Waals surface area (Å²) >= 11 is 0. The van der Waals surface area contributed by atoms with Gasteiger partial charge in [-0.1, -0.05) is 30.3 Å². The molecule has 124 valence electrons. The van der Waals surface area contributed by atoms with Gasteiger partial charge < -0.3 is 10.0 Å². The van der Waals surface area contributed by atoms with Crippen LogP contribution in [0.25, 0.3) is 21.8 Å². The third-order valence-electron chi connectivity index (χ3n) is 3.60. The third-order valence-corrected chi connectivity index (χ3v) is 3.60. The monoisotopic (exact) mass is 338 g/mol. The molecular formula is C18H13BF2N2O2. The van der Waals surface area contributed by atoms with E-state index in [0.29, 0.717) is 0 Å². The number of halogens is 2. The van der Waals surface area contributed by atoms with Crippen molar-refractivity contribution in [2.45, 2.75) is 0 Å². The molecule has 0 atom stereocenters. The Morgan fingerprint density at radius 3 is 1.56 bits per heavy atom. The van der Waals surface area contributed by atoms with Gasteiger partial charge in [0.25, 0.3) is 0 Å². The lowest BCUT2D eigenvalue weighted by Crippen LogP contribution is -2.35. The highest BCUT2D eigenvalue weighted by atomic mass is 19.1. The van der Waals surface area contributed by atoms with Gasteiger partial charge in [0.1, 0.15) is 11.6 Å². The first-order valence-electron chi connectivity index (χ1n) is 7.46. The molecule has 7 heteroatoms. The van der Waals surface area contributed by atoms with E-state index in [1.54, 1.807) is 12.4 Å². The first-order chi connectivity index (χ1) is 12.1. The van der Waals surface area contributed by atoms with Crippen molar-refractivity contribution < 1.29 is 18.8 Å². The van der Waals surface area contributed by atoms with E-state index in [0.717, 1.165) is 40.0 Å². The van der Waals surface area contributed by atoms with Crippen molar-refractivity contribution >= 4 is 34.4 Å². The molecule has 4 aromatic rings. The fourth-order valence-corrected chi connectivity index (χ4v) is 2.44. The van der Waals surface area contributed by atoms with Gasteiger partial charge >= 0.3 is 7.12 Å². The lowest BCUT2D eigenvalue weighted by atomic mass is 9.79. The minimum Gasteiger partial charge on any atom is -0.423 e. The Balaban J connectivity index is 0.000000151. The van der Waals surface area contributed by atoms with Crippen molar-refractivity contribution in [3.8, 4) is 0 Å². The lowest BCUT2D eigenvalue weighted by Gasteiger charge is -2.01. The fraction of sp³-hybridized carbons (Fsp3) is 0. The maximum atomic E-state index is 12.5. The minimum absolute atomic E-state index is 0.715. The predicted octanol–water partition coefficient (Wildman–Crippen LogP) is 2.43. The Morgan fingerprint density at radius 2 is 1.16 bits per heavy atom. The molecule has 2 aromatic carbocycles. The normalized spacial score (nSPS) is 10.4. The quantitative estimate of drug-likeness (QED) is 0.413. The molecule has 2 heterocycles. The molecule has 25 heavy (non-hydrogen) atoms. The molecule has 0 saturated heterocycles. The number of rotatable bonds is 1. The van der Waals surface area contributed by atoms with Crippen molar-refractivity contribution in [3.05, 3.63) is 78.6 Å². The molecule has 0 aliphatic carbocycles. The molecule has 0 unspecified atom stereocenters. The van der Waals surface area contributed by atoms with Gasteiger partial charge in [-0.05, 0) is 24.3 Å². The van der Waals surface area contributed by atoms with Gasteiger partial charge in [-0.3, -0.25) is 9.97 Å². The van der Waals surface area contributed by atoms with Crippen molar-refractivity contribution in [3.63, 3.8) is 0 Å². The van der Waals surface area contributed by atoms with Crippen molar-refractivity contribution in [1.29, 1.82) is 0 Å². The van der Waals surface area contributed by atoms with Crippen LogP contribution < -0.4 is 5.46 Å². The van der Waals surface area contributed by atoms with Crippen LogP contribution in [0.15, 0.2) is 67.0 Å². The van der Waals surface area contributed by atoms with E-state index in [2.05, 4.69) is 34.2 Å². The van der Waals surface area contributed by atoms with Crippen LogP contribution in [0.4, 0.5) is 8.78 Å². The molecule has 0 amide bonds. The zero-order chi connectivity index (χ0) is 17.8. The second kappa shape index (κ2) is 7.33. The highest BCUT2D eigenvalue weighted by Crippen LogP contribution is 2.20. The van der Waals surface area contributed by atoms with Crippen LogP contribution in [0.1, 0.15) is 0 Å². The van der Waals surface area contributed by atoms with Crippen LogP contribution in [0.5, 0.6) is 0 Å². The summed E-state index contributed by atoms with van der Waals surface area (Å²) in [6.45, 7) is 0. The number of fused-ring (bicyclic) bond motifs is 3. The smallest absolute Gasteiger partial charge is 0.423 e. The first-order valence-corrected chi connectivity index (χ1v) is 7.46. The van der Waals surface area contributed by atoms with E-state index in [4.69, 9.17) is 10.0 Å². The van der Waals surface area contributed by atoms with Crippen LogP contribution in [0.2, 0.25) is 0 Å². The molecule has 0 spiro atoms. The van der Waals surface area contributed by atoms with Gasteiger partial charge in [-0.25, -0.2) is 8.78 Å². The van der Waals surface area contributed by atoms with Gasteiger partial charge in [0, 0.05) is 23.2 Å². The number of pyridine rings is 2. The molecule has 0 aliphatic heterocycles. The Bertz CT molecular complexity index is 953. The second-order valence-corrected chi connectivity index (χ2v) is 5.22. The zero-order valence-electron chi connectivity index (χ0n) is 13.0. The maximum Gasteiger partial charge on any atom is 0.494 e. The summed E-state index contributed by atoms with van der Waals surface area (Å²) in [6, 6.07) is 15.2. The fourth-order valence-electron chi connectivity index (χ4n) is 2.44. The summed E-state index contributed by atoms with van der Waals surface area (Å²) in [5.41, 5.74) is 1.24. The van der Waals surface area contributed by atoms with Gasteiger partial charge in [0.05, 0.1) is 16.5 Å². The minimum atomic E-state index is -2.10. The molecule has 0 fully saturated rings. The van der Waals surface area contributed by atoms with Crippen LogP contribution in [-0.2, 0) is 0 Å². The SMILES string of the molecule is OB(O)c1c(F)cccc1F.c1cnc2c(c1)ccc1cccnc12. The standard InChI is InChI=1S/C12H8N2.C6H5BF2O2/c1-3-9-5-6-10-4-2-8-14-12(10)11(9)13-7-1;8-4-2-1-3-5(9)6(4)7(10)11/h1-8H;1-3,10-11H. The average Bonchev–Trinajstić information content (AvgIpc) is 2.62. The van der Waals surface area contributed by atoms with Crippen LogP contribution in [-0.4, -0.2) is 27.1 Å². The molecule has 0 saturated carbocycles. The summed E-state index contributed by atoms with van der Waals surface area (Å²) in [7, 11) is -2.10. The van der Waals surface area contributed by atoms with E-state index in [-0.39, 0.29) is 0 Å². The summed E-state index contributed by atoms with van der Waals surface area (Å²) in [5.74, 6) is -1.92.